The highest BCUT2D eigenvalue weighted by molar-refractivity contribution is 7.99. The monoisotopic (exact) mass is 376 g/mol. The van der Waals surface area contributed by atoms with Crippen LogP contribution in [0.1, 0.15) is 48.0 Å². The molecule has 0 rings (SSSR count). The zero-order valence-corrected chi connectivity index (χ0v) is 17.3. The van der Waals surface area contributed by atoms with Crippen LogP contribution in [0, 0.1) is 16.7 Å². The SMILES string of the molecule is CCC(C)(C)C(=O)OCC(C)COC(=O)CSCC(C)(C)C(=O)OC. The molecule has 0 bridgehead atoms. The van der Waals surface area contributed by atoms with Gasteiger partial charge in [-0.1, -0.05) is 13.8 Å². The molecule has 0 aliphatic carbocycles. The topological polar surface area (TPSA) is 78.9 Å². The normalized spacial score (nSPS) is 13.1. The molecule has 7 heteroatoms. The molecule has 0 N–H and O–H groups in total. The fourth-order valence-corrected chi connectivity index (χ4v) is 2.59. The highest BCUT2D eigenvalue weighted by Gasteiger charge is 2.29. The number of ether oxygens (including phenoxy) is 3. The van der Waals surface area contributed by atoms with E-state index in [1.807, 2.05) is 27.7 Å². The molecule has 0 amide bonds. The lowest BCUT2D eigenvalue weighted by molar-refractivity contribution is -0.156. The molecule has 6 nitrogen and oxygen atoms in total. The van der Waals surface area contributed by atoms with Gasteiger partial charge in [-0.15, -0.1) is 11.8 Å². The number of hydrogen-bond acceptors (Lipinski definition) is 7. The second kappa shape index (κ2) is 10.7. The predicted octanol–water partition coefficient (Wildman–Crippen LogP) is 3.08. The van der Waals surface area contributed by atoms with Crippen molar-refractivity contribution in [1.82, 2.24) is 0 Å². The first kappa shape index (κ1) is 23.8. The minimum atomic E-state index is -0.646. The third-order valence-electron chi connectivity index (χ3n) is 3.89. The van der Waals surface area contributed by atoms with Gasteiger partial charge >= 0.3 is 17.9 Å². The Morgan fingerprint density at radius 3 is 2.04 bits per heavy atom. The Morgan fingerprint density at radius 1 is 0.960 bits per heavy atom. The molecular weight excluding hydrogens is 344 g/mol. The summed E-state index contributed by atoms with van der Waals surface area (Å²) < 4.78 is 15.2. The molecule has 0 saturated heterocycles. The summed E-state index contributed by atoms with van der Waals surface area (Å²) >= 11 is 1.33. The summed E-state index contributed by atoms with van der Waals surface area (Å²) in [4.78, 5) is 35.2. The summed E-state index contributed by atoms with van der Waals surface area (Å²) in [5, 5.41) is 0. The van der Waals surface area contributed by atoms with Crippen LogP contribution in [0.25, 0.3) is 0 Å². The quantitative estimate of drug-likeness (QED) is 0.405. The minimum absolute atomic E-state index is 0.0722. The summed E-state index contributed by atoms with van der Waals surface area (Å²) in [6.45, 7) is 11.4. The van der Waals surface area contributed by atoms with Crippen LogP contribution in [0.5, 0.6) is 0 Å². The molecule has 146 valence electrons. The van der Waals surface area contributed by atoms with Gasteiger partial charge in [0.05, 0.1) is 36.9 Å². The van der Waals surface area contributed by atoms with Gasteiger partial charge in [-0.05, 0) is 34.1 Å². The first-order chi connectivity index (χ1) is 11.5. The van der Waals surface area contributed by atoms with E-state index in [0.29, 0.717) is 12.2 Å². The summed E-state index contributed by atoms with van der Waals surface area (Å²) in [5.41, 5.74) is -1.15. The molecule has 0 heterocycles. The van der Waals surface area contributed by atoms with Crippen LogP contribution in [0.4, 0.5) is 0 Å². The van der Waals surface area contributed by atoms with E-state index in [9.17, 15) is 14.4 Å². The summed E-state index contributed by atoms with van der Waals surface area (Å²) in [6.07, 6.45) is 0.703. The first-order valence-corrected chi connectivity index (χ1v) is 9.60. The molecule has 0 aromatic heterocycles. The Kier molecular flexibility index (Phi) is 10.2. The first-order valence-electron chi connectivity index (χ1n) is 8.45. The number of rotatable bonds is 11. The number of esters is 3. The largest absolute Gasteiger partial charge is 0.469 e. The van der Waals surface area contributed by atoms with Crippen molar-refractivity contribution in [3.05, 3.63) is 0 Å². The van der Waals surface area contributed by atoms with Crippen molar-refractivity contribution in [3.63, 3.8) is 0 Å². The van der Waals surface area contributed by atoms with Gasteiger partial charge in [-0.2, -0.15) is 0 Å². The van der Waals surface area contributed by atoms with E-state index < -0.39 is 10.8 Å². The highest BCUT2D eigenvalue weighted by atomic mass is 32.2. The average Bonchev–Trinajstić information content (AvgIpc) is 2.56. The van der Waals surface area contributed by atoms with E-state index in [-0.39, 0.29) is 42.8 Å². The minimum Gasteiger partial charge on any atom is -0.469 e. The van der Waals surface area contributed by atoms with Crippen LogP contribution in [-0.4, -0.2) is 49.7 Å². The smallest absolute Gasteiger partial charge is 0.315 e. The maximum atomic E-state index is 11.9. The van der Waals surface area contributed by atoms with E-state index in [1.54, 1.807) is 13.8 Å². The van der Waals surface area contributed by atoms with E-state index >= 15 is 0 Å². The van der Waals surface area contributed by atoms with Crippen LogP contribution < -0.4 is 0 Å². The molecule has 0 radical (unpaired) electrons. The fourth-order valence-electron chi connectivity index (χ4n) is 1.61. The van der Waals surface area contributed by atoms with Gasteiger partial charge in [-0.3, -0.25) is 14.4 Å². The van der Waals surface area contributed by atoms with Crippen molar-refractivity contribution in [2.24, 2.45) is 16.7 Å². The van der Waals surface area contributed by atoms with Gasteiger partial charge < -0.3 is 14.2 Å². The van der Waals surface area contributed by atoms with Crippen LogP contribution in [0.3, 0.4) is 0 Å². The van der Waals surface area contributed by atoms with Crippen molar-refractivity contribution >= 4 is 29.7 Å². The van der Waals surface area contributed by atoms with E-state index in [2.05, 4.69) is 0 Å². The average molecular weight is 377 g/mol. The maximum absolute atomic E-state index is 11.9. The van der Waals surface area contributed by atoms with Crippen molar-refractivity contribution in [1.29, 1.82) is 0 Å². The lowest BCUT2D eigenvalue weighted by Gasteiger charge is -2.22. The van der Waals surface area contributed by atoms with Crippen molar-refractivity contribution in [2.45, 2.75) is 48.0 Å². The maximum Gasteiger partial charge on any atom is 0.315 e. The van der Waals surface area contributed by atoms with Gasteiger partial charge in [0.15, 0.2) is 0 Å². The molecule has 0 aliphatic heterocycles. The van der Waals surface area contributed by atoms with Gasteiger partial charge in [0.2, 0.25) is 0 Å². The van der Waals surface area contributed by atoms with Gasteiger partial charge in [0.25, 0.3) is 0 Å². The number of thioether (sulfide) groups is 1. The van der Waals surface area contributed by atoms with E-state index in [4.69, 9.17) is 14.2 Å². The molecule has 0 spiro atoms. The molecule has 0 aromatic carbocycles. The summed E-state index contributed by atoms with van der Waals surface area (Å²) in [6, 6.07) is 0. The van der Waals surface area contributed by atoms with Crippen molar-refractivity contribution < 1.29 is 28.6 Å². The summed E-state index contributed by atoms with van der Waals surface area (Å²) in [7, 11) is 1.35. The zero-order valence-electron chi connectivity index (χ0n) is 16.5. The number of carbonyl (C=O) groups excluding carboxylic acids is 3. The fraction of sp³-hybridized carbons (Fsp3) is 0.833. The van der Waals surface area contributed by atoms with Crippen LogP contribution in [0.2, 0.25) is 0 Å². The predicted molar refractivity (Wildman–Crippen MR) is 98.3 cm³/mol. The third-order valence-corrected chi connectivity index (χ3v) is 5.25. The lowest BCUT2D eigenvalue weighted by Crippen LogP contribution is -2.29. The van der Waals surface area contributed by atoms with E-state index in [1.165, 1.54) is 18.9 Å². The van der Waals surface area contributed by atoms with Gasteiger partial charge in [-0.25, -0.2) is 0 Å². The lowest BCUT2D eigenvalue weighted by atomic mass is 9.91. The third kappa shape index (κ3) is 9.14. The molecule has 1 atom stereocenters. The van der Waals surface area contributed by atoms with Crippen LogP contribution in [-0.2, 0) is 28.6 Å². The second-order valence-corrected chi connectivity index (χ2v) is 8.48. The molecule has 0 saturated carbocycles. The Labute approximate surface area is 155 Å². The zero-order chi connectivity index (χ0) is 19.7. The number of methoxy groups -OCH3 is 1. The molecule has 25 heavy (non-hydrogen) atoms. The van der Waals surface area contributed by atoms with Crippen LogP contribution in [0.15, 0.2) is 0 Å². The Bertz CT molecular complexity index is 458. The number of carbonyl (C=O) groups is 3. The van der Waals surface area contributed by atoms with Crippen molar-refractivity contribution in [2.75, 3.05) is 31.8 Å². The Balaban J connectivity index is 4.03. The molecular formula is C18H32O6S. The Morgan fingerprint density at radius 2 is 1.52 bits per heavy atom. The van der Waals surface area contributed by atoms with Gasteiger partial charge in [0, 0.05) is 11.7 Å². The molecule has 0 fully saturated rings. The van der Waals surface area contributed by atoms with Crippen LogP contribution >= 0.6 is 11.8 Å². The van der Waals surface area contributed by atoms with Crippen molar-refractivity contribution in [3.8, 4) is 0 Å². The second-order valence-electron chi connectivity index (χ2n) is 7.49. The molecule has 1 unspecified atom stereocenters. The Hall–Kier alpha value is -1.24. The van der Waals surface area contributed by atoms with E-state index in [0.717, 1.165) is 0 Å². The van der Waals surface area contributed by atoms with Gasteiger partial charge in [0.1, 0.15) is 0 Å². The molecule has 0 aliphatic rings. The summed E-state index contributed by atoms with van der Waals surface area (Å²) in [5.74, 6) is -0.341. The number of hydrogen-bond donors (Lipinski definition) is 0. The molecule has 0 aromatic rings. The highest BCUT2D eigenvalue weighted by Crippen LogP contribution is 2.23. The standard InChI is InChI=1S/C18H32O6S/c1-8-17(3,4)16(21)24-10-13(2)9-23-14(19)11-25-12-18(5,6)15(20)22-7/h13H,8-12H2,1-7H3.